The Morgan fingerprint density at radius 1 is 1.00 bits per heavy atom. The molecule has 0 atom stereocenters. The van der Waals surface area contributed by atoms with Crippen molar-refractivity contribution in [3.05, 3.63) is 66.0 Å². The highest BCUT2D eigenvalue weighted by atomic mass is 14.8. The second kappa shape index (κ2) is 6.06. The van der Waals surface area contributed by atoms with Crippen molar-refractivity contribution < 1.29 is 0 Å². The third kappa shape index (κ3) is 2.81. The molecule has 21 heavy (non-hydrogen) atoms. The van der Waals surface area contributed by atoms with Crippen LogP contribution in [-0.2, 0) is 6.54 Å². The summed E-state index contributed by atoms with van der Waals surface area (Å²) in [6.07, 6.45) is 3.91. The molecule has 1 N–H and O–H groups in total. The van der Waals surface area contributed by atoms with Gasteiger partial charge in [-0.2, -0.15) is 0 Å². The van der Waals surface area contributed by atoms with Gasteiger partial charge in [-0.25, -0.2) is 0 Å². The SMILES string of the molecule is CCNCc1ccc(C)cc1-c1cncc2ccccc12. The number of fused-ring (bicyclic) bond motifs is 1. The molecule has 0 aliphatic rings. The summed E-state index contributed by atoms with van der Waals surface area (Å²) in [6, 6.07) is 15.1. The number of benzene rings is 2. The van der Waals surface area contributed by atoms with Crippen molar-refractivity contribution in [2.45, 2.75) is 20.4 Å². The van der Waals surface area contributed by atoms with E-state index in [1.54, 1.807) is 0 Å². The van der Waals surface area contributed by atoms with Crippen molar-refractivity contribution >= 4 is 10.8 Å². The molecule has 0 unspecified atom stereocenters. The first-order valence-corrected chi connectivity index (χ1v) is 7.43. The first kappa shape index (κ1) is 13.8. The standard InChI is InChI=1S/C19H20N2/c1-3-20-11-16-9-8-14(2)10-18(16)19-13-21-12-15-6-4-5-7-17(15)19/h4-10,12-13,20H,3,11H2,1-2H3. The maximum atomic E-state index is 4.42. The number of pyridine rings is 1. The summed E-state index contributed by atoms with van der Waals surface area (Å²) in [4.78, 5) is 4.42. The molecule has 2 nitrogen and oxygen atoms in total. The van der Waals surface area contributed by atoms with Gasteiger partial charge in [0.1, 0.15) is 0 Å². The zero-order valence-corrected chi connectivity index (χ0v) is 12.6. The Balaban J connectivity index is 2.19. The van der Waals surface area contributed by atoms with Gasteiger partial charge in [0.25, 0.3) is 0 Å². The van der Waals surface area contributed by atoms with E-state index in [2.05, 4.69) is 66.6 Å². The quantitative estimate of drug-likeness (QED) is 0.767. The monoisotopic (exact) mass is 276 g/mol. The molecule has 0 aliphatic heterocycles. The van der Waals surface area contributed by atoms with E-state index in [-0.39, 0.29) is 0 Å². The highest BCUT2D eigenvalue weighted by Gasteiger charge is 2.09. The molecule has 1 heterocycles. The van der Waals surface area contributed by atoms with Crippen LogP contribution in [0.2, 0.25) is 0 Å². The van der Waals surface area contributed by atoms with E-state index >= 15 is 0 Å². The highest BCUT2D eigenvalue weighted by molar-refractivity contribution is 5.96. The molecule has 0 saturated heterocycles. The molecular formula is C19H20N2. The maximum Gasteiger partial charge on any atom is 0.0352 e. The topological polar surface area (TPSA) is 24.9 Å². The Hall–Kier alpha value is -2.19. The van der Waals surface area contributed by atoms with Crippen LogP contribution in [-0.4, -0.2) is 11.5 Å². The number of aryl methyl sites for hydroxylation is 1. The van der Waals surface area contributed by atoms with Gasteiger partial charge in [0.2, 0.25) is 0 Å². The molecule has 0 amide bonds. The van der Waals surface area contributed by atoms with Gasteiger partial charge in [0.05, 0.1) is 0 Å². The summed E-state index contributed by atoms with van der Waals surface area (Å²) in [6.45, 7) is 6.13. The summed E-state index contributed by atoms with van der Waals surface area (Å²) in [5.74, 6) is 0. The smallest absolute Gasteiger partial charge is 0.0352 e. The lowest BCUT2D eigenvalue weighted by molar-refractivity contribution is 0.728. The van der Waals surface area contributed by atoms with Gasteiger partial charge in [-0.1, -0.05) is 55.0 Å². The van der Waals surface area contributed by atoms with Crippen molar-refractivity contribution in [2.75, 3.05) is 6.54 Å². The Labute approximate surface area is 125 Å². The first-order valence-electron chi connectivity index (χ1n) is 7.43. The number of nitrogens with one attached hydrogen (secondary N) is 1. The lowest BCUT2D eigenvalue weighted by Crippen LogP contribution is -2.12. The Bertz CT molecular complexity index is 757. The number of hydrogen-bond acceptors (Lipinski definition) is 2. The van der Waals surface area contributed by atoms with E-state index in [0.29, 0.717) is 0 Å². The minimum Gasteiger partial charge on any atom is -0.313 e. The van der Waals surface area contributed by atoms with Crippen LogP contribution in [0.25, 0.3) is 21.9 Å². The second-order valence-electron chi connectivity index (χ2n) is 5.35. The number of aromatic nitrogens is 1. The largest absolute Gasteiger partial charge is 0.313 e. The molecule has 0 spiro atoms. The Morgan fingerprint density at radius 2 is 1.86 bits per heavy atom. The molecular weight excluding hydrogens is 256 g/mol. The molecule has 3 aromatic rings. The molecule has 3 rings (SSSR count). The molecule has 2 aromatic carbocycles. The lowest BCUT2D eigenvalue weighted by Gasteiger charge is -2.13. The Kier molecular flexibility index (Phi) is 3.98. The second-order valence-corrected chi connectivity index (χ2v) is 5.35. The van der Waals surface area contributed by atoms with Crippen molar-refractivity contribution in [2.24, 2.45) is 0 Å². The van der Waals surface area contributed by atoms with Crippen LogP contribution < -0.4 is 5.32 Å². The average Bonchev–Trinajstić information content (AvgIpc) is 2.53. The molecule has 0 saturated carbocycles. The van der Waals surface area contributed by atoms with Crippen LogP contribution in [0.5, 0.6) is 0 Å². The highest BCUT2D eigenvalue weighted by Crippen LogP contribution is 2.30. The van der Waals surface area contributed by atoms with Gasteiger partial charge in [0, 0.05) is 29.9 Å². The fourth-order valence-electron chi connectivity index (χ4n) is 2.69. The summed E-state index contributed by atoms with van der Waals surface area (Å²) in [5.41, 5.74) is 5.09. The van der Waals surface area contributed by atoms with Gasteiger partial charge in [-0.05, 0) is 30.0 Å². The van der Waals surface area contributed by atoms with Gasteiger partial charge in [-0.3, -0.25) is 4.98 Å². The van der Waals surface area contributed by atoms with Gasteiger partial charge < -0.3 is 5.32 Å². The van der Waals surface area contributed by atoms with E-state index in [1.165, 1.54) is 33.0 Å². The summed E-state index contributed by atoms with van der Waals surface area (Å²) in [5, 5.41) is 5.87. The third-order valence-corrected chi connectivity index (χ3v) is 3.79. The van der Waals surface area contributed by atoms with Crippen LogP contribution in [0.3, 0.4) is 0 Å². The van der Waals surface area contributed by atoms with E-state index in [0.717, 1.165) is 13.1 Å². The van der Waals surface area contributed by atoms with Crippen molar-refractivity contribution in [1.29, 1.82) is 0 Å². The predicted octanol–water partition coefficient (Wildman–Crippen LogP) is 4.32. The van der Waals surface area contributed by atoms with Crippen LogP contribution in [0.15, 0.2) is 54.9 Å². The van der Waals surface area contributed by atoms with Crippen LogP contribution >= 0.6 is 0 Å². The summed E-state index contributed by atoms with van der Waals surface area (Å²) < 4.78 is 0. The zero-order chi connectivity index (χ0) is 14.7. The van der Waals surface area contributed by atoms with E-state index in [4.69, 9.17) is 0 Å². The number of rotatable bonds is 4. The normalized spacial score (nSPS) is 11.0. The predicted molar refractivity (Wildman–Crippen MR) is 89.3 cm³/mol. The van der Waals surface area contributed by atoms with Crippen LogP contribution in [0.1, 0.15) is 18.1 Å². The first-order chi connectivity index (χ1) is 10.3. The van der Waals surface area contributed by atoms with Gasteiger partial charge >= 0.3 is 0 Å². The van der Waals surface area contributed by atoms with Crippen molar-refractivity contribution in [3.8, 4) is 11.1 Å². The van der Waals surface area contributed by atoms with Gasteiger partial charge in [-0.15, -0.1) is 0 Å². The number of hydrogen-bond donors (Lipinski definition) is 1. The molecule has 0 fully saturated rings. The third-order valence-electron chi connectivity index (χ3n) is 3.79. The Morgan fingerprint density at radius 3 is 2.71 bits per heavy atom. The molecule has 106 valence electrons. The lowest BCUT2D eigenvalue weighted by atomic mass is 9.95. The molecule has 0 bridgehead atoms. The molecule has 0 radical (unpaired) electrons. The fraction of sp³-hybridized carbons (Fsp3) is 0.211. The zero-order valence-electron chi connectivity index (χ0n) is 12.6. The summed E-state index contributed by atoms with van der Waals surface area (Å²) in [7, 11) is 0. The van der Waals surface area contributed by atoms with Crippen LogP contribution in [0, 0.1) is 6.92 Å². The summed E-state index contributed by atoms with van der Waals surface area (Å²) >= 11 is 0. The molecule has 1 aromatic heterocycles. The minimum absolute atomic E-state index is 0.884. The average molecular weight is 276 g/mol. The fourth-order valence-corrected chi connectivity index (χ4v) is 2.69. The van der Waals surface area contributed by atoms with Crippen LogP contribution in [0.4, 0.5) is 0 Å². The van der Waals surface area contributed by atoms with Gasteiger partial charge in [0.15, 0.2) is 0 Å². The molecule has 2 heteroatoms. The maximum absolute atomic E-state index is 4.42. The van der Waals surface area contributed by atoms with Crippen molar-refractivity contribution in [1.82, 2.24) is 10.3 Å². The number of nitrogens with zero attached hydrogens (tertiary/aromatic N) is 1. The van der Waals surface area contributed by atoms with E-state index in [9.17, 15) is 0 Å². The molecule has 0 aliphatic carbocycles. The van der Waals surface area contributed by atoms with Crippen molar-refractivity contribution in [3.63, 3.8) is 0 Å². The van der Waals surface area contributed by atoms with E-state index < -0.39 is 0 Å². The van der Waals surface area contributed by atoms with E-state index in [1.807, 2.05) is 12.4 Å². The minimum atomic E-state index is 0.884.